The maximum absolute atomic E-state index is 10.6. The van der Waals surface area contributed by atoms with Gasteiger partial charge in [0.1, 0.15) is 0 Å². The van der Waals surface area contributed by atoms with E-state index in [0.29, 0.717) is 18.9 Å². The summed E-state index contributed by atoms with van der Waals surface area (Å²) >= 11 is 0. The molecule has 0 aliphatic heterocycles. The first-order valence-corrected chi connectivity index (χ1v) is 8.15. The Bertz CT molecular complexity index is 335. The molecule has 2 nitrogen and oxygen atoms in total. The van der Waals surface area contributed by atoms with Crippen LogP contribution in [0.3, 0.4) is 0 Å². The number of esters is 1. The molecular formula is C21H44O2. The van der Waals surface area contributed by atoms with E-state index < -0.39 is 0 Å². The van der Waals surface area contributed by atoms with E-state index in [0.717, 1.165) is 5.92 Å². The Hall–Kier alpha value is -1.31. The third kappa shape index (κ3) is 23.1. The van der Waals surface area contributed by atoms with Gasteiger partial charge in [0, 0.05) is 7.85 Å². The molecule has 0 amide bonds. The van der Waals surface area contributed by atoms with Gasteiger partial charge in [0.05, 0.1) is 6.61 Å². The lowest BCUT2D eigenvalue weighted by Gasteiger charge is -2.02. The van der Waals surface area contributed by atoms with E-state index in [2.05, 4.69) is 44.2 Å². The van der Waals surface area contributed by atoms with Gasteiger partial charge in [-0.1, -0.05) is 86.7 Å². The molecule has 1 rings (SSSR count). The van der Waals surface area contributed by atoms with Gasteiger partial charge >= 0.3 is 5.97 Å². The van der Waals surface area contributed by atoms with Crippen molar-refractivity contribution in [3.63, 3.8) is 0 Å². The highest BCUT2D eigenvalue weighted by Gasteiger charge is 2.03. The molecule has 0 radical (unpaired) electrons. The zero-order chi connectivity index (χ0) is 16.7. The Morgan fingerprint density at radius 2 is 1.48 bits per heavy atom. The molecular weight excluding hydrogens is 284 g/mol. The first-order valence-electron chi connectivity index (χ1n) is 8.15. The maximum Gasteiger partial charge on any atom is 0.306 e. The van der Waals surface area contributed by atoms with Crippen LogP contribution < -0.4 is 0 Å². The molecule has 0 saturated heterocycles. The third-order valence-corrected chi connectivity index (χ3v) is 2.37. The summed E-state index contributed by atoms with van der Waals surface area (Å²) in [5, 5.41) is 0. The van der Waals surface area contributed by atoms with E-state index in [1.807, 2.05) is 34.6 Å². The van der Waals surface area contributed by atoms with Crippen molar-refractivity contribution in [1.29, 1.82) is 0 Å². The maximum atomic E-state index is 10.6. The molecule has 1 aromatic carbocycles. The van der Waals surface area contributed by atoms with Gasteiger partial charge in [-0.2, -0.15) is 0 Å². The summed E-state index contributed by atoms with van der Waals surface area (Å²) in [5.74, 6) is 1.08. The van der Waals surface area contributed by atoms with Crippen LogP contribution in [0.5, 0.6) is 0 Å². The molecule has 0 fully saturated rings. The summed E-state index contributed by atoms with van der Waals surface area (Å²) < 4.78 is 4.71. The first kappa shape index (κ1) is 29.7. The number of hydrogen-bond donors (Lipinski definition) is 0. The predicted octanol–water partition coefficient (Wildman–Crippen LogP) is 7.03. The van der Waals surface area contributed by atoms with Crippen molar-refractivity contribution in [3.8, 4) is 0 Å². The van der Waals surface area contributed by atoms with Crippen molar-refractivity contribution in [1.82, 2.24) is 0 Å². The quantitative estimate of drug-likeness (QED) is 0.542. The summed E-state index contributed by atoms with van der Waals surface area (Å²) in [6.07, 6.45) is 1.73. The van der Waals surface area contributed by atoms with E-state index in [-0.39, 0.29) is 22.2 Å². The molecule has 0 aromatic heterocycles. The molecule has 0 aliphatic carbocycles. The highest BCUT2D eigenvalue weighted by atomic mass is 16.5. The fourth-order valence-electron chi connectivity index (χ4n) is 1.64. The second kappa shape index (κ2) is 20.7. The van der Waals surface area contributed by atoms with E-state index in [4.69, 9.17) is 4.74 Å². The first-order chi connectivity index (χ1) is 9.95. The second-order valence-electron chi connectivity index (χ2n) is 5.49. The van der Waals surface area contributed by atoms with Crippen LogP contribution in [-0.2, 0) is 16.0 Å². The van der Waals surface area contributed by atoms with Crippen LogP contribution in [0.1, 0.15) is 76.7 Å². The highest BCUT2D eigenvalue weighted by Crippen LogP contribution is 2.06. The molecule has 2 heteroatoms. The lowest BCUT2D eigenvalue weighted by atomic mass is 10.0. The predicted molar refractivity (Wildman–Crippen MR) is 108 cm³/mol. The largest absolute Gasteiger partial charge is 0.466 e. The molecule has 0 aliphatic rings. The Balaban J connectivity index is -0.0000000819. The minimum absolute atomic E-state index is 0. The Morgan fingerprint density at radius 3 is 1.83 bits per heavy atom. The molecule has 0 spiro atoms. The van der Waals surface area contributed by atoms with E-state index >= 15 is 0 Å². The lowest BCUT2D eigenvalue weighted by molar-refractivity contribution is -0.143. The molecule has 140 valence electrons. The summed E-state index contributed by atoms with van der Waals surface area (Å²) in [7, 11) is 0. The van der Waals surface area contributed by atoms with Crippen LogP contribution in [0.4, 0.5) is 0 Å². The molecule has 0 bridgehead atoms. The van der Waals surface area contributed by atoms with Gasteiger partial charge in [0.15, 0.2) is 0 Å². The molecule has 0 unspecified atom stereocenters. The summed E-state index contributed by atoms with van der Waals surface area (Å²) in [4.78, 5) is 10.6. The van der Waals surface area contributed by atoms with Crippen LogP contribution in [0.15, 0.2) is 30.3 Å². The summed E-state index contributed by atoms with van der Waals surface area (Å²) in [5.41, 5.74) is 1.44. The van der Waals surface area contributed by atoms with E-state index in [9.17, 15) is 4.79 Å². The second-order valence-corrected chi connectivity index (χ2v) is 5.49. The fourth-order valence-corrected chi connectivity index (χ4v) is 1.64. The molecule has 0 N–H and O–H groups in total. The number of carbonyl (C=O) groups is 1. The Labute approximate surface area is 148 Å². The van der Waals surface area contributed by atoms with Gasteiger partial charge in [-0.05, 0) is 30.7 Å². The van der Waals surface area contributed by atoms with Crippen molar-refractivity contribution in [2.45, 2.75) is 76.2 Å². The van der Waals surface area contributed by atoms with Crippen LogP contribution in [-0.4, -0.2) is 12.6 Å². The van der Waals surface area contributed by atoms with Crippen LogP contribution >= 0.6 is 0 Å². The fraction of sp³-hybridized carbons (Fsp3) is 0.667. The number of ether oxygens (including phenoxy) is 1. The third-order valence-electron chi connectivity index (χ3n) is 2.37. The van der Waals surface area contributed by atoms with E-state index in [1.54, 1.807) is 0 Å². The Kier molecular flexibility index (Phi) is 26.7. The van der Waals surface area contributed by atoms with E-state index in [1.165, 1.54) is 12.0 Å². The van der Waals surface area contributed by atoms with Crippen LogP contribution in [0.25, 0.3) is 0 Å². The number of carbonyl (C=O) groups excluding carboxylic acids is 1. The normalized spacial score (nSPS) is 8.57. The molecule has 0 heterocycles. The molecule has 0 atom stereocenters. The molecule has 23 heavy (non-hydrogen) atoms. The average Bonchev–Trinajstić information content (AvgIpc) is 2.41. The summed E-state index contributed by atoms with van der Waals surface area (Å²) in [6, 6.07) is 10.6. The lowest BCUT2D eigenvalue weighted by Crippen LogP contribution is -2.06. The van der Waals surface area contributed by atoms with Gasteiger partial charge in [-0.3, -0.25) is 4.79 Å². The Morgan fingerprint density at radius 1 is 1.00 bits per heavy atom. The highest BCUT2D eigenvalue weighted by molar-refractivity contribution is 5.69. The summed E-state index contributed by atoms with van der Waals surface area (Å²) in [6.45, 7) is 14.8. The zero-order valence-corrected chi connectivity index (χ0v) is 15.0. The smallest absolute Gasteiger partial charge is 0.306 e. The van der Waals surface area contributed by atoms with Gasteiger partial charge < -0.3 is 4.74 Å². The van der Waals surface area contributed by atoms with Gasteiger partial charge in [-0.25, -0.2) is 0 Å². The SMILES string of the molecule is C.C.CC.CC(C)Cc1ccccc1.CCOC(=O)CC(C)C.[HH]. The van der Waals surface area contributed by atoms with Gasteiger partial charge in [-0.15, -0.1) is 0 Å². The van der Waals surface area contributed by atoms with Crippen molar-refractivity contribution >= 4 is 5.97 Å². The number of rotatable bonds is 5. The monoisotopic (exact) mass is 328 g/mol. The molecule has 1 aromatic rings. The van der Waals surface area contributed by atoms with Crippen LogP contribution in [0.2, 0.25) is 0 Å². The standard InChI is InChI=1S/C10H14.C7H14O2.C2H6.2CH4.H2/c1-9(2)8-10-6-4-3-5-7-10;1-4-9-7(8)5-6(2)3;1-2;;;/h3-7,9H,8H2,1-2H3;6H,4-5H2,1-3H3;1-2H3;2*1H4;1H. The number of benzene rings is 1. The van der Waals surface area contributed by atoms with Crippen LogP contribution in [0, 0.1) is 11.8 Å². The number of hydrogen-bond acceptors (Lipinski definition) is 2. The zero-order valence-electron chi connectivity index (χ0n) is 15.0. The topological polar surface area (TPSA) is 26.3 Å². The minimum Gasteiger partial charge on any atom is -0.466 e. The minimum atomic E-state index is -0.0903. The van der Waals surface area contributed by atoms with Crippen molar-refractivity contribution < 1.29 is 11.0 Å². The van der Waals surface area contributed by atoms with Crippen molar-refractivity contribution in [2.75, 3.05) is 6.61 Å². The van der Waals surface area contributed by atoms with Crippen molar-refractivity contribution in [2.24, 2.45) is 11.8 Å². The average molecular weight is 329 g/mol. The van der Waals surface area contributed by atoms with Gasteiger partial charge in [0.2, 0.25) is 0 Å². The molecule has 0 saturated carbocycles. The van der Waals surface area contributed by atoms with Gasteiger partial charge in [0.25, 0.3) is 0 Å². The van der Waals surface area contributed by atoms with Crippen molar-refractivity contribution in [3.05, 3.63) is 35.9 Å².